The summed E-state index contributed by atoms with van der Waals surface area (Å²) >= 11 is 0. The molecule has 0 atom stereocenters. The monoisotopic (exact) mass is 911 g/mol. The van der Waals surface area contributed by atoms with Crippen LogP contribution in [0.15, 0.2) is 297 Å². The van der Waals surface area contributed by atoms with Gasteiger partial charge in [-0.1, -0.05) is 273 Å². The Balaban J connectivity index is 1.34. The largest absolute Gasteiger partial charge is 0.309 e. The quantitative estimate of drug-likeness (QED) is 0.0692. The van der Waals surface area contributed by atoms with Crippen LogP contribution in [0.2, 0.25) is 0 Å². The highest BCUT2D eigenvalue weighted by atomic mass is 28.3. The lowest BCUT2D eigenvalue weighted by atomic mass is 10.0. The molecule has 0 aliphatic carbocycles. The van der Waals surface area contributed by atoms with Gasteiger partial charge < -0.3 is 4.57 Å². The maximum absolute atomic E-state index is 3.21. The van der Waals surface area contributed by atoms with Crippen molar-refractivity contribution in [3.05, 3.63) is 297 Å². The molecule has 3 heteroatoms. The number of hydrogen-bond acceptors (Lipinski definition) is 0. The Morgan fingerprint density at radius 1 is 0.217 bits per heavy atom. The van der Waals surface area contributed by atoms with E-state index in [1.165, 1.54) is 74.2 Å². The molecule has 0 unspecified atom stereocenters. The smallest absolute Gasteiger partial charge is 0.180 e. The van der Waals surface area contributed by atoms with Gasteiger partial charge in [0.2, 0.25) is 0 Å². The van der Waals surface area contributed by atoms with Crippen molar-refractivity contribution in [3.8, 4) is 28.2 Å². The lowest BCUT2D eigenvalue weighted by Crippen LogP contribution is -2.77. The molecule has 0 aliphatic rings. The van der Waals surface area contributed by atoms with Crippen molar-refractivity contribution >= 4 is 79.2 Å². The second-order valence-corrected chi connectivity index (χ2v) is 25.4. The van der Waals surface area contributed by atoms with Crippen molar-refractivity contribution in [2.24, 2.45) is 0 Å². The van der Waals surface area contributed by atoms with Gasteiger partial charge in [0.05, 0.1) is 11.4 Å². The number of hydrogen-bond donors (Lipinski definition) is 0. The van der Waals surface area contributed by atoms with E-state index in [1.807, 2.05) is 0 Å². The van der Waals surface area contributed by atoms with Gasteiger partial charge in [0.25, 0.3) is 0 Å². The van der Waals surface area contributed by atoms with Gasteiger partial charge >= 0.3 is 0 Å². The summed E-state index contributed by atoms with van der Waals surface area (Å²) < 4.78 is 2.50. The molecule has 69 heavy (non-hydrogen) atoms. The van der Waals surface area contributed by atoms with Crippen LogP contribution in [0.25, 0.3) is 49.7 Å². The van der Waals surface area contributed by atoms with Crippen molar-refractivity contribution in [1.82, 2.24) is 4.57 Å². The van der Waals surface area contributed by atoms with Crippen molar-refractivity contribution < 1.29 is 0 Å². The van der Waals surface area contributed by atoms with Crippen LogP contribution < -0.4 is 41.5 Å². The molecule has 12 rings (SSSR count). The molecule has 0 spiro atoms. The van der Waals surface area contributed by atoms with Crippen LogP contribution >= 0.6 is 0 Å². The Kier molecular flexibility index (Phi) is 11.0. The molecular weight excluding hydrogens is 863 g/mol. The second kappa shape index (κ2) is 18.0. The zero-order chi connectivity index (χ0) is 46.0. The summed E-state index contributed by atoms with van der Waals surface area (Å²) in [4.78, 5) is 0. The third-order valence-corrected chi connectivity index (χ3v) is 24.1. The molecular formula is C66H49NSi2. The molecule has 11 aromatic carbocycles. The van der Waals surface area contributed by atoms with E-state index < -0.39 is 16.1 Å². The van der Waals surface area contributed by atoms with Gasteiger partial charge in [-0.25, -0.2) is 0 Å². The van der Waals surface area contributed by atoms with Crippen molar-refractivity contribution in [2.75, 3.05) is 0 Å². The van der Waals surface area contributed by atoms with Crippen molar-refractivity contribution in [1.29, 1.82) is 0 Å². The van der Waals surface area contributed by atoms with Crippen LogP contribution in [0, 0.1) is 0 Å². The van der Waals surface area contributed by atoms with E-state index in [2.05, 4.69) is 302 Å². The molecule has 1 heterocycles. The molecule has 0 saturated heterocycles. The molecule has 0 saturated carbocycles. The lowest BCUT2D eigenvalue weighted by molar-refractivity contribution is 1.10. The third kappa shape index (κ3) is 6.97. The molecule has 0 aliphatic heterocycles. The Bertz CT molecular complexity index is 3420. The number of nitrogens with zero attached hydrogens (tertiary/aromatic N) is 1. The molecule has 12 aromatic rings. The van der Waals surface area contributed by atoms with Gasteiger partial charge in [0.1, 0.15) is 0 Å². The first-order valence-corrected chi connectivity index (χ1v) is 27.9. The minimum atomic E-state index is -3.21. The van der Waals surface area contributed by atoms with Gasteiger partial charge in [0, 0.05) is 5.69 Å². The summed E-state index contributed by atoms with van der Waals surface area (Å²) in [6, 6.07) is 112. The van der Waals surface area contributed by atoms with E-state index in [0.29, 0.717) is 0 Å². The van der Waals surface area contributed by atoms with E-state index in [0.717, 1.165) is 17.1 Å². The van der Waals surface area contributed by atoms with Crippen LogP contribution in [0.1, 0.15) is 0 Å². The standard InChI is InChI=1S/C66H49NSi2/c1-9-27-50(28-10-1)63-47-48-64(51-29-11-2-12-30-51)67(63)52-45-46-61-62(49-52)66(69(56-37-19-6-20-38-56,57-39-21-7-22-40-57)58-41-23-8-24-42-58)60-44-26-25-43-59(60)65(61)68(53-31-13-3-14-32-53,54-33-15-4-16-34-54)55-35-17-5-18-36-55/h1-49H. The zero-order valence-electron chi connectivity index (χ0n) is 38.2. The number of aromatic nitrogens is 1. The predicted molar refractivity (Wildman–Crippen MR) is 299 cm³/mol. The van der Waals surface area contributed by atoms with Crippen molar-refractivity contribution in [2.45, 2.75) is 0 Å². The van der Waals surface area contributed by atoms with Gasteiger partial charge in [-0.2, -0.15) is 0 Å². The van der Waals surface area contributed by atoms with Gasteiger partial charge in [-0.3, -0.25) is 0 Å². The second-order valence-electron chi connectivity index (χ2n) is 17.9. The van der Waals surface area contributed by atoms with E-state index in [1.54, 1.807) is 0 Å². The first-order chi connectivity index (χ1) is 34.3. The summed E-state index contributed by atoms with van der Waals surface area (Å²) in [7, 11) is -6.36. The highest BCUT2D eigenvalue weighted by Gasteiger charge is 2.48. The molecule has 0 N–H and O–H groups in total. The Hall–Kier alpha value is -8.35. The zero-order valence-corrected chi connectivity index (χ0v) is 40.2. The third-order valence-electron chi connectivity index (χ3n) is 14.3. The first kappa shape index (κ1) is 42.0. The minimum Gasteiger partial charge on any atom is -0.309 e. The fraction of sp³-hybridized carbons (Fsp3) is 0. The van der Waals surface area contributed by atoms with Crippen LogP contribution in [-0.4, -0.2) is 20.7 Å². The van der Waals surface area contributed by atoms with Gasteiger partial charge in [-0.15, -0.1) is 0 Å². The summed E-state index contributed by atoms with van der Waals surface area (Å²) in [5, 5.41) is 16.1. The summed E-state index contributed by atoms with van der Waals surface area (Å²) in [6.45, 7) is 0. The van der Waals surface area contributed by atoms with Crippen molar-refractivity contribution in [3.63, 3.8) is 0 Å². The maximum Gasteiger partial charge on any atom is 0.180 e. The summed E-state index contributed by atoms with van der Waals surface area (Å²) in [5.41, 5.74) is 5.76. The number of rotatable bonds is 11. The predicted octanol–water partition coefficient (Wildman–Crippen LogP) is 10.9. The SMILES string of the molecule is c1ccc(-c2ccc(-c3ccccc3)n2-c2ccc3c([Si](c4ccccc4)(c4ccccc4)c4ccccc4)c4ccccc4c([Si](c4ccccc4)(c4ccccc4)c4ccccc4)c3c2)cc1. The van der Waals surface area contributed by atoms with E-state index in [-0.39, 0.29) is 0 Å². The van der Waals surface area contributed by atoms with E-state index in [4.69, 9.17) is 0 Å². The van der Waals surface area contributed by atoms with E-state index in [9.17, 15) is 0 Å². The van der Waals surface area contributed by atoms with Gasteiger partial charge in [-0.05, 0) is 98.4 Å². The first-order valence-electron chi connectivity index (χ1n) is 23.9. The lowest BCUT2D eigenvalue weighted by Gasteiger charge is -2.40. The normalized spacial score (nSPS) is 11.8. The van der Waals surface area contributed by atoms with Gasteiger partial charge in [0.15, 0.2) is 16.1 Å². The maximum atomic E-state index is 2.57. The van der Waals surface area contributed by atoms with Crippen LogP contribution in [0.3, 0.4) is 0 Å². The minimum absolute atomic E-state index is 1.12. The van der Waals surface area contributed by atoms with Crippen LogP contribution in [0.5, 0.6) is 0 Å². The average molecular weight is 912 g/mol. The summed E-state index contributed by atoms with van der Waals surface area (Å²) in [5.74, 6) is 0. The highest BCUT2D eigenvalue weighted by molar-refractivity contribution is 7.23. The molecule has 1 nitrogen and oxygen atoms in total. The highest BCUT2D eigenvalue weighted by Crippen LogP contribution is 2.35. The molecule has 0 amide bonds. The molecule has 326 valence electrons. The fourth-order valence-corrected chi connectivity index (χ4v) is 21.9. The number of fused-ring (bicyclic) bond motifs is 2. The van der Waals surface area contributed by atoms with Crippen LogP contribution in [0.4, 0.5) is 0 Å². The Morgan fingerprint density at radius 2 is 0.478 bits per heavy atom. The van der Waals surface area contributed by atoms with Crippen LogP contribution in [-0.2, 0) is 0 Å². The Morgan fingerprint density at radius 3 is 0.797 bits per heavy atom. The molecule has 0 radical (unpaired) electrons. The molecule has 1 aromatic heterocycles. The number of benzene rings is 11. The fourth-order valence-electron chi connectivity index (χ4n) is 11.5. The molecule has 0 bridgehead atoms. The average Bonchev–Trinajstić information content (AvgIpc) is 3.89. The molecule has 0 fully saturated rings. The van der Waals surface area contributed by atoms with E-state index >= 15 is 0 Å². The summed E-state index contributed by atoms with van der Waals surface area (Å²) in [6.07, 6.45) is 0. The topological polar surface area (TPSA) is 4.93 Å². The Labute approximate surface area is 406 Å².